The van der Waals surface area contributed by atoms with E-state index < -0.39 is 0 Å². The van der Waals surface area contributed by atoms with Crippen LogP contribution in [0, 0.1) is 0 Å². The largest absolute Gasteiger partial charge is 1.00 e. The Morgan fingerprint density at radius 3 is 2.08 bits per heavy atom. The summed E-state index contributed by atoms with van der Waals surface area (Å²) in [5.41, 5.74) is 3.13. The van der Waals surface area contributed by atoms with Crippen molar-refractivity contribution in [2.75, 3.05) is 47.5 Å². The molecule has 0 spiro atoms. The van der Waals surface area contributed by atoms with Crippen LogP contribution < -0.4 is 31.5 Å². The Bertz CT molecular complexity index is 1420. The fourth-order valence-corrected chi connectivity index (χ4v) is 5.57. The number of carbonyl (C=O) groups is 1. The van der Waals surface area contributed by atoms with Crippen molar-refractivity contribution < 1.29 is 36.3 Å². The first-order valence-corrected chi connectivity index (χ1v) is 13.1. The number of nitrogens with zero attached hydrogens (tertiary/aromatic N) is 1. The van der Waals surface area contributed by atoms with Crippen LogP contribution in [-0.2, 0) is 0 Å². The van der Waals surface area contributed by atoms with E-state index in [1.54, 1.807) is 21.3 Å². The maximum atomic E-state index is 13.5. The first kappa shape index (κ1) is 28.6. The average Bonchev–Trinajstić information content (AvgIpc) is 2.97. The normalized spacial score (nSPS) is 14.4. The van der Waals surface area contributed by atoms with Crippen molar-refractivity contribution in [3.8, 4) is 17.2 Å². The molecule has 1 N–H and O–H groups in total. The van der Waals surface area contributed by atoms with Crippen molar-refractivity contribution in [1.29, 1.82) is 0 Å². The third kappa shape index (κ3) is 5.78. The zero-order valence-corrected chi connectivity index (χ0v) is 23.8. The summed E-state index contributed by atoms with van der Waals surface area (Å²) in [6.45, 7) is 3.05. The predicted molar refractivity (Wildman–Crippen MR) is 150 cm³/mol. The molecule has 6 nitrogen and oxygen atoms in total. The Balaban J connectivity index is 0.00000353. The van der Waals surface area contributed by atoms with Crippen molar-refractivity contribution >= 4 is 28.3 Å². The van der Waals surface area contributed by atoms with Gasteiger partial charge >= 0.3 is 0 Å². The first-order valence-electron chi connectivity index (χ1n) is 12.7. The van der Waals surface area contributed by atoms with Gasteiger partial charge in [0.25, 0.3) is 5.91 Å². The lowest BCUT2D eigenvalue weighted by Crippen LogP contribution is -3.15. The standard InChI is InChI=1S/C31H31ClN2O4.ClH/c1-36-27-20-24-19-23(11-14-26(24)29(37-2)30(27)38-3)31(35)34-17-15-33(16-18-34)28(21-7-5-4-6-8-21)22-9-12-25(32)13-10-22;/h4-14,19-20,28H,15-18H2,1-3H3;1H. The molecule has 39 heavy (non-hydrogen) atoms. The summed E-state index contributed by atoms with van der Waals surface area (Å²) in [5, 5.41) is 2.46. The van der Waals surface area contributed by atoms with E-state index in [9.17, 15) is 4.79 Å². The van der Waals surface area contributed by atoms with Crippen molar-refractivity contribution in [3.63, 3.8) is 0 Å². The number of nitrogens with one attached hydrogen (secondary N) is 1. The number of hydrogen-bond acceptors (Lipinski definition) is 4. The lowest BCUT2D eigenvalue weighted by atomic mass is 9.96. The summed E-state index contributed by atoms with van der Waals surface area (Å²) in [5.74, 6) is 1.72. The van der Waals surface area contributed by atoms with Crippen LogP contribution in [0.2, 0.25) is 5.02 Å². The number of fused-ring (bicyclic) bond motifs is 1. The average molecular weight is 568 g/mol. The van der Waals surface area contributed by atoms with Crippen LogP contribution in [0.4, 0.5) is 0 Å². The molecule has 1 aliphatic rings. The molecular weight excluding hydrogens is 535 g/mol. The van der Waals surface area contributed by atoms with E-state index in [0.717, 1.165) is 28.9 Å². The van der Waals surface area contributed by atoms with Crippen molar-refractivity contribution in [2.45, 2.75) is 6.04 Å². The second kappa shape index (κ2) is 12.6. The summed E-state index contributed by atoms with van der Waals surface area (Å²) in [4.78, 5) is 16.9. The van der Waals surface area contributed by atoms with Gasteiger partial charge in [0.1, 0.15) is 6.04 Å². The summed E-state index contributed by atoms with van der Waals surface area (Å²) < 4.78 is 16.6. The minimum absolute atomic E-state index is 0. The summed E-state index contributed by atoms with van der Waals surface area (Å²) in [7, 11) is 4.78. The fraction of sp³-hybridized carbons (Fsp3) is 0.258. The molecule has 4 aromatic rings. The molecule has 0 aliphatic carbocycles. The van der Waals surface area contributed by atoms with Gasteiger partial charge in [-0.2, -0.15) is 0 Å². The third-order valence-electron chi connectivity index (χ3n) is 7.33. The van der Waals surface area contributed by atoms with Crippen LogP contribution in [-0.4, -0.2) is 58.3 Å². The van der Waals surface area contributed by atoms with Gasteiger partial charge in [0, 0.05) is 27.1 Å². The van der Waals surface area contributed by atoms with Gasteiger partial charge in [0.05, 0.1) is 47.5 Å². The van der Waals surface area contributed by atoms with E-state index in [1.807, 2.05) is 47.4 Å². The van der Waals surface area contributed by atoms with Crippen LogP contribution >= 0.6 is 11.6 Å². The number of benzene rings is 4. The molecule has 1 aliphatic heterocycles. The van der Waals surface area contributed by atoms with Crippen molar-refractivity contribution in [1.82, 2.24) is 4.90 Å². The molecule has 1 atom stereocenters. The number of quaternary nitrogens is 1. The monoisotopic (exact) mass is 566 g/mol. The number of piperazine rings is 1. The number of methoxy groups -OCH3 is 3. The molecule has 204 valence electrons. The minimum Gasteiger partial charge on any atom is -1.00 e. The molecule has 1 heterocycles. The number of halogens is 2. The zero-order valence-electron chi connectivity index (χ0n) is 22.2. The predicted octanol–water partition coefficient (Wildman–Crippen LogP) is 1.65. The Morgan fingerprint density at radius 2 is 1.46 bits per heavy atom. The van der Waals surface area contributed by atoms with Crippen LogP contribution in [0.25, 0.3) is 10.8 Å². The molecule has 1 unspecified atom stereocenters. The van der Waals surface area contributed by atoms with Gasteiger partial charge in [-0.15, -0.1) is 0 Å². The molecule has 8 heteroatoms. The number of carbonyl (C=O) groups excluding carboxylic acids is 1. The molecule has 1 saturated heterocycles. The molecule has 0 bridgehead atoms. The minimum atomic E-state index is 0. The summed E-state index contributed by atoms with van der Waals surface area (Å²) in [6.07, 6.45) is 0. The highest BCUT2D eigenvalue weighted by Crippen LogP contribution is 2.43. The Labute approximate surface area is 240 Å². The number of hydrogen-bond donors (Lipinski definition) is 1. The molecule has 1 fully saturated rings. The topological polar surface area (TPSA) is 52.4 Å². The van der Waals surface area contributed by atoms with Crippen molar-refractivity contribution in [3.05, 3.63) is 101 Å². The second-order valence-corrected chi connectivity index (χ2v) is 9.86. The molecule has 1 amide bonds. The maximum Gasteiger partial charge on any atom is 0.254 e. The van der Waals surface area contributed by atoms with E-state index in [1.165, 1.54) is 16.0 Å². The Morgan fingerprint density at radius 1 is 0.821 bits per heavy atom. The lowest BCUT2D eigenvalue weighted by Gasteiger charge is -2.37. The summed E-state index contributed by atoms with van der Waals surface area (Å²) >= 11 is 6.17. The van der Waals surface area contributed by atoms with Gasteiger partial charge in [0.2, 0.25) is 5.75 Å². The number of amides is 1. The lowest BCUT2D eigenvalue weighted by molar-refractivity contribution is -0.929. The molecule has 5 rings (SSSR count). The highest BCUT2D eigenvalue weighted by atomic mass is 35.5. The van der Waals surface area contributed by atoms with Crippen LogP contribution in [0.15, 0.2) is 78.9 Å². The van der Waals surface area contributed by atoms with E-state index >= 15 is 0 Å². The van der Waals surface area contributed by atoms with E-state index in [-0.39, 0.29) is 24.4 Å². The Hall–Kier alpha value is -3.45. The number of rotatable bonds is 7. The van der Waals surface area contributed by atoms with E-state index in [4.69, 9.17) is 25.8 Å². The second-order valence-electron chi connectivity index (χ2n) is 9.43. The van der Waals surface area contributed by atoms with Gasteiger partial charge < -0.3 is 36.4 Å². The highest BCUT2D eigenvalue weighted by Gasteiger charge is 2.32. The van der Waals surface area contributed by atoms with Crippen LogP contribution in [0.5, 0.6) is 17.2 Å². The van der Waals surface area contributed by atoms with Crippen LogP contribution in [0.1, 0.15) is 27.5 Å². The van der Waals surface area contributed by atoms with E-state index in [0.29, 0.717) is 35.9 Å². The van der Waals surface area contributed by atoms with E-state index in [2.05, 4.69) is 36.4 Å². The quantitative estimate of drug-likeness (QED) is 0.369. The molecule has 0 saturated carbocycles. The van der Waals surface area contributed by atoms with Gasteiger partial charge in [-0.25, -0.2) is 0 Å². The maximum absolute atomic E-state index is 13.5. The third-order valence-corrected chi connectivity index (χ3v) is 7.58. The molecule has 4 aromatic carbocycles. The molecule has 0 radical (unpaired) electrons. The van der Waals surface area contributed by atoms with Crippen LogP contribution in [0.3, 0.4) is 0 Å². The van der Waals surface area contributed by atoms with Gasteiger partial charge in [-0.05, 0) is 41.8 Å². The highest BCUT2D eigenvalue weighted by molar-refractivity contribution is 6.30. The Kier molecular flexibility index (Phi) is 9.23. The van der Waals surface area contributed by atoms with Gasteiger partial charge in [0.15, 0.2) is 11.5 Å². The van der Waals surface area contributed by atoms with Crippen molar-refractivity contribution in [2.24, 2.45) is 0 Å². The summed E-state index contributed by atoms with van der Waals surface area (Å²) in [6, 6.07) is 26.4. The van der Waals surface area contributed by atoms with Gasteiger partial charge in [-0.3, -0.25) is 4.79 Å². The van der Waals surface area contributed by atoms with Gasteiger partial charge in [-0.1, -0.05) is 54.1 Å². The fourth-order valence-electron chi connectivity index (χ4n) is 5.44. The molecular formula is C31H32Cl2N2O4. The smallest absolute Gasteiger partial charge is 0.254 e. The molecule has 0 aromatic heterocycles. The SMILES string of the molecule is COc1cc2cc(C(=O)N3CC[NH+](C(c4ccccc4)c4ccc(Cl)cc4)CC3)ccc2c(OC)c1OC.[Cl-]. The zero-order chi connectivity index (χ0) is 26.6. The first-order chi connectivity index (χ1) is 18.5. The number of ether oxygens (including phenoxy) is 3.